The largest absolute Gasteiger partial charge is 0.306 e. The third kappa shape index (κ3) is 3.64. The van der Waals surface area contributed by atoms with Crippen molar-refractivity contribution in [3.05, 3.63) is 69.9 Å². The lowest BCUT2D eigenvalue weighted by atomic mass is 9.98. The van der Waals surface area contributed by atoms with Gasteiger partial charge in [-0.25, -0.2) is 4.39 Å². The first-order chi connectivity index (χ1) is 9.22. The van der Waals surface area contributed by atoms with Crippen molar-refractivity contribution >= 4 is 15.9 Å². The Labute approximate surface area is 122 Å². The summed E-state index contributed by atoms with van der Waals surface area (Å²) in [6.07, 6.45) is 1.01. The van der Waals surface area contributed by atoms with Crippen LogP contribution in [0.15, 0.2) is 53.0 Å². The summed E-state index contributed by atoms with van der Waals surface area (Å²) in [7, 11) is 0. The Morgan fingerprint density at radius 2 is 1.89 bits per heavy atom. The third-order valence-corrected chi connectivity index (χ3v) is 3.49. The number of hydrogen-bond donors (Lipinski definition) is 1. The fraction of sp³-hybridized carbons (Fsp3) is 0.250. The van der Waals surface area contributed by atoms with Crippen LogP contribution in [0, 0.1) is 5.82 Å². The molecular weight excluding hydrogens is 305 g/mol. The average molecular weight is 322 g/mol. The van der Waals surface area contributed by atoms with Crippen molar-refractivity contribution in [3.63, 3.8) is 0 Å². The van der Waals surface area contributed by atoms with Gasteiger partial charge >= 0.3 is 0 Å². The lowest BCUT2D eigenvalue weighted by Crippen LogP contribution is -2.24. The molecule has 1 unspecified atom stereocenters. The van der Waals surface area contributed by atoms with Gasteiger partial charge < -0.3 is 5.32 Å². The molecule has 0 saturated carbocycles. The molecule has 2 rings (SSSR count). The van der Waals surface area contributed by atoms with Crippen molar-refractivity contribution in [1.29, 1.82) is 0 Å². The molecule has 0 bridgehead atoms. The lowest BCUT2D eigenvalue weighted by molar-refractivity contribution is 0.546. The second-order valence-electron chi connectivity index (χ2n) is 4.46. The fourth-order valence-electron chi connectivity index (χ4n) is 2.08. The Hall–Kier alpha value is -1.19. The lowest BCUT2D eigenvalue weighted by Gasteiger charge is -2.20. The molecule has 1 nitrogen and oxygen atoms in total. The quantitative estimate of drug-likeness (QED) is 0.843. The van der Waals surface area contributed by atoms with E-state index in [-0.39, 0.29) is 11.9 Å². The van der Waals surface area contributed by atoms with E-state index in [1.807, 2.05) is 36.4 Å². The van der Waals surface area contributed by atoms with E-state index >= 15 is 0 Å². The van der Waals surface area contributed by atoms with E-state index in [0.717, 1.165) is 23.0 Å². The molecule has 0 aliphatic heterocycles. The monoisotopic (exact) mass is 321 g/mol. The standard InChI is InChI=1S/C16H17BrFN/c1-2-10-19-16(12-6-4-3-5-7-12)14-11-13(17)8-9-15(14)18/h3-9,11,16,19H,2,10H2,1H3. The summed E-state index contributed by atoms with van der Waals surface area (Å²) >= 11 is 3.41. The molecule has 1 atom stereocenters. The van der Waals surface area contributed by atoms with Crippen molar-refractivity contribution in [3.8, 4) is 0 Å². The van der Waals surface area contributed by atoms with Gasteiger partial charge in [-0.1, -0.05) is 53.2 Å². The van der Waals surface area contributed by atoms with Crippen LogP contribution >= 0.6 is 15.9 Å². The van der Waals surface area contributed by atoms with Crippen LogP contribution < -0.4 is 5.32 Å². The molecule has 1 N–H and O–H groups in total. The summed E-state index contributed by atoms with van der Waals surface area (Å²) in [5.74, 6) is -0.180. The van der Waals surface area contributed by atoms with Crippen molar-refractivity contribution in [1.82, 2.24) is 5.32 Å². The molecule has 0 amide bonds. The van der Waals surface area contributed by atoms with Gasteiger partial charge in [0.25, 0.3) is 0 Å². The maximum absolute atomic E-state index is 14.1. The molecule has 0 aromatic heterocycles. The summed E-state index contributed by atoms with van der Waals surface area (Å²) < 4.78 is 15.0. The van der Waals surface area contributed by atoms with E-state index in [9.17, 15) is 4.39 Å². The zero-order valence-corrected chi connectivity index (χ0v) is 12.5. The Kier molecular flexibility index (Phi) is 5.11. The van der Waals surface area contributed by atoms with Gasteiger partial charge in [0.15, 0.2) is 0 Å². The maximum Gasteiger partial charge on any atom is 0.128 e. The van der Waals surface area contributed by atoms with Crippen molar-refractivity contribution in [2.75, 3.05) is 6.54 Å². The molecule has 3 heteroatoms. The summed E-state index contributed by atoms with van der Waals surface area (Å²) in [5.41, 5.74) is 1.75. The highest BCUT2D eigenvalue weighted by atomic mass is 79.9. The van der Waals surface area contributed by atoms with E-state index in [4.69, 9.17) is 0 Å². The van der Waals surface area contributed by atoms with Gasteiger partial charge in [-0.3, -0.25) is 0 Å². The van der Waals surface area contributed by atoms with E-state index < -0.39 is 0 Å². The van der Waals surface area contributed by atoms with E-state index in [2.05, 4.69) is 28.2 Å². The molecule has 2 aromatic rings. The van der Waals surface area contributed by atoms with Crippen LogP contribution in [0.4, 0.5) is 4.39 Å². The number of hydrogen-bond acceptors (Lipinski definition) is 1. The molecule has 0 aliphatic rings. The van der Waals surface area contributed by atoms with Crippen LogP contribution in [-0.2, 0) is 0 Å². The smallest absolute Gasteiger partial charge is 0.128 e. The normalized spacial score (nSPS) is 12.4. The summed E-state index contributed by atoms with van der Waals surface area (Å²) in [5, 5.41) is 3.41. The molecule has 0 aliphatic carbocycles. The molecule has 0 saturated heterocycles. The predicted octanol–water partition coefficient (Wildman–Crippen LogP) is 4.68. The topological polar surface area (TPSA) is 12.0 Å². The minimum absolute atomic E-state index is 0.112. The first-order valence-electron chi connectivity index (χ1n) is 6.45. The molecule has 0 radical (unpaired) electrons. The zero-order valence-electron chi connectivity index (χ0n) is 10.9. The van der Waals surface area contributed by atoms with Crippen LogP contribution in [-0.4, -0.2) is 6.54 Å². The summed E-state index contributed by atoms with van der Waals surface area (Å²) in [4.78, 5) is 0. The van der Waals surface area contributed by atoms with Crippen LogP contribution in [0.25, 0.3) is 0 Å². The van der Waals surface area contributed by atoms with Crippen LogP contribution in [0.5, 0.6) is 0 Å². The van der Waals surface area contributed by atoms with Crippen LogP contribution in [0.3, 0.4) is 0 Å². The van der Waals surface area contributed by atoms with Crippen LogP contribution in [0.2, 0.25) is 0 Å². The Bertz CT molecular complexity index is 528. The third-order valence-electron chi connectivity index (χ3n) is 3.00. The Morgan fingerprint density at radius 3 is 2.58 bits per heavy atom. The second kappa shape index (κ2) is 6.83. The summed E-state index contributed by atoms with van der Waals surface area (Å²) in [6, 6.07) is 14.9. The predicted molar refractivity (Wildman–Crippen MR) is 80.7 cm³/mol. The van der Waals surface area contributed by atoms with Gasteiger partial charge in [0.05, 0.1) is 6.04 Å². The summed E-state index contributed by atoms with van der Waals surface area (Å²) in [6.45, 7) is 2.96. The number of rotatable bonds is 5. The number of benzene rings is 2. The minimum atomic E-state index is -0.180. The van der Waals surface area contributed by atoms with Crippen molar-refractivity contribution < 1.29 is 4.39 Å². The molecular formula is C16H17BrFN. The van der Waals surface area contributed by atoms with E-state index in [1.165, 1.54) is 6.07 Å². The Balaban J connectivity index is 2.40. The average Bonchev–Trinajstić information content (AvgIpc) is 2.44. The number of nitrogens with one attached hydrogen (secondary N) is 1. The molecule has 0 spiro atoms. The number of halogens is 2. The van der Waals surface area contributed by atoms with Crippen LogP contribution in [0.1, 0.15) is 30.5 Å². The first kappa shape index (κ1) is 14.2. The first-order valence-corrected chi connectivity index (χ1v) is 7.25. The van der Waals surface area contributed by atoms with Gasteiger partial charge in [0, 0.05) is 10.0 Å². The highest BCUT2D eigenvalue weighted by molar-refractivity contribution is 9.10. The van der Waals surface area contributed by atoms with Gasteiger partial charge in [-0.05, 0) is 36.7 Å². The minimum Gasteiger partial charge on any atom is -0.306 e. The Morgan fingerprint density at radius 1 is 1.16 bits per heavy atom. The van der Waals surface area contributed by atoms with Gasteiger partial charge in [0.1, 0.15) is 5.82 Å². The van der Waals surface area contributed by atoms with E-state index in [1.54, 1.807) is 6.07 Å². The molecule has 0 heterocycles. The fourth-order valence-corrected chi connectivity index (χ4v) is 2.46. The highest BCUT2D eigenvalue weighted by Crippen LogP contribution is 2.27. The second-order valence-corrected chi connectivity index (χ2v) is 5.38. The van der Waals surface area contributed by atoms with Crippen molar-refractivity contribution in [2.24, 2.45) is 0 Å². The maximum atomic E-state index is 14.1. The molecule has 100 valence electrons. The van der Waals surface area contributed by atoms with E-state index in [0.29, 0.717) is 5.56 Å². The zero-order chi connectivity index (χ0) is 13.7. The SMILES string of the molecule is CCCNC(c1ccccc1)c1cc(Br)ccc1F. The van der Waals surface area contributed by atoms with Gasteiger partial charge in [0.2, 0.25) is 0 Å². The molecule has 0 fully saturated rings. The van der Waals surface area contributed by atoms with Gasteiger partial charge in [-0.2, -0.15) is 0 Å². The van der Waals surface area contributed by atoms with Gasteiger partial charge in [-0.15, -0.1) is 0 Å². The highest BCUT2D eigenvalue weighted by Gasteiger charge is 2.17. The molecule has 2 aromatic carbocycles. The molecule has 19 heavy (non-hydrogen) atoms. The van der Waals surface area contributed by atoms with Crippen molar-refractivity contribution in [2.45, 2.75) is 19.4 Å².